The molecule has 13 aromatic carbocycles. The summed E-state index contributed by atoms with van der Waals surface area (Å²) in [6.07, 6.45) is 0. The molecule has 0 saturated heterocycles. The van der Waals surface area contributed by atoms with Crippen LogP contribution in [0.5, 0.6) is 0 Å². The molecular weight excluding hydrogens is 1170 g/mol. The van der Waals surface area contributed by atoms with Crippen molar-refractivity contribution in [3.63, 3.8) is 0 Å². The number of benzene rings is 13. The Bertz CT molecular complexity index is 5800. The fourth-order valence-corrected chi connectivity index (χ4v) is 13.2. The van der Waals surface area contributed by atoms with Crippen LogP contribution in [0.25, 0.3) is 156 Å². The van der Waals surface area contributed by atoms with E-state index in [1.54, 1.807) is 0 Å². The maximum absolute atomic E-state index is 10.0. The maximum Gasteiger partial charge on any atom is 0.166 e. The van der Waals surface area contributed by atoms with Gasteiger partial charge in [-0.2, -0.15) is 26.3 Å². The summed E-state index contributed by atoms with van der Waals surface area (Å²) in [5, 5.41) is 54.0. The minimum Gasteiger partial charge on any atom is -0.309 e. The molecular formula is C86H48N10. The highest BCUT2D eigenvalue weighted by Gasteiger charge is 2.25. The first-order valence-corrected chi connectivity index (χ1v) is 31.2. The summed E-state index contributed by atoms with van der Waals surface area (Å²) in [6.45, 7) is 0. The van der Waals surface area contributed by atoms with Crippen molar-refractivity contribution in [1.82, 2.24) is 24.1 Å². The quantitative estimate of drug-likeness (QED) is 0.123. The Morgan fingerprint density at radius 3 is 0.875 bits per heavy atom. The number of hydrogen-bond acceptors (Lipinski definition) is 8. The van der Waals surface area contributed by atoms with E-state index in [1.807, 2.05) is 182 Å². The van der Waals surface area contributed by atoms with E-state index in [9.17, 15) is 26.3 Å². The second-order valence-electron chi connectivity index (χ2n) is 23.6. The zero-order chi connectivity index (χ0) is 64.8. The average Bonchev–Trinajstić information content (AvgIpc) is 1.55. The van der Waals surface area contributed by atoms with Gasteiger partial charge in [0, 0.05) is 43.8 Å². The van der Waals surface area contributed by atoms with Crippen molar-refractivity contribution in [2.75, 3.05) is 0 Å². The molecule has 0 fully saturated rings. The summed E-state index contributed by atoms with van der Waals surface area (Å²) < 4.78 is 4.61. The van der Waals surface area contributed by atoms with Gasteiger partial charge in [0.15, 0.2) is 17.5 Å². The van der Waals surface area contributed by atoms with E-state index in [0.29, 0.717) is 50.9 Å². The number of nitrogens with zero attached hydrogens (tertiary/aromatic N) is 10. The average molecular weight is 1220 g/mol. The van der Waals surface area contributed by atoms with Gasteiger partial charge in [-0.25, -0.2) is 15.0 Å². The molecule has 0 spiro atoms. The van der Waals surface area contributed by atoms with Gasteiger partial charge in [0.05, 0.1) is 91.6 Å². The van der Waals surface area contributed by atoms with Crippen LogP contribution >= 0.6 is 0 Å². The molecule has 0 saturated carbocycles. The Kier molecular flexibility index (Phi) is 14.2. The van der Waals surface area contributed by atoms with Crippen molar-refractivity contribution in [2.45, 2.75) is 0 Å². The van der Waals surface area contributed by atoms with Gasteiger partial charge < -0.3 is 9.13 Å². The topological polar surface area (TPSA) is 167 Å². The molecule has 96 heavy (non-hydrogen) atoms. The minimum absolute atomic E-state index is 0.437. The Morgan fingerprint density at radius 1 is 0.208 bits per heavy atom. The van der Waals surface area contributed by atoms with Gasteiger partial charge in [0.2, 0.25) is 0 Å². The van der Waals surface area contributed by atoms with Crippen molar-refractivity contribution in [3.05, 3.63) is 319 Å². The molecule has 0 aliphatic carbocycles. The van der Waals surface area contributed by atoms with Crippen molar-refractivity contribution in [3.8, 4) is 143 Å². The predicted molar refractivity (Wildman–Crippen MR) is 381 cm³/mol. The molecule has 0 N–H and O–H groups in total. The zero-order valence-corrected chi connectivity index (χ0v) is 51.2. The lowest BCUT2D eigenvalue weighted by Gasteiger charge is -2.19. The fourth-order valence-electron chi connectivity index (χ4n) is 13.2. The predicted octanol–water partition coefficient (Wildman–Crippen LogP) is 20.4. The monoisotopic (exact) mass is 1220 g/mol. The highest BCUT2D eigenvalue weighted by atomic mass is 15.1. The lowest BCUT2D eigenvalue weighted by atomic mass is 9.94. The number of fused-ring (bicyclic) bond motifs is 6. The summed E-state index contributed by atoms with van der Waals surface area (Å²) in [6, 6.07) is 109. The van der Waals surface area contributed by atoms with Crippen LogP contribution in [0, 0.1) is 56.7 Å². The minimum atomic E-state index is 0.437. The van der Waals surface area contributed by atoms with Crippen LogP contribution < -0.4 is 0 Å². The van der Waals surface area contributed by atoms with Crippen LogP contribution in [0.15, 0.2) is 291 Å². The third-order valence-electron chi connectivity index (χ3n) is 17.9. The number of hydrogen-bond donors (Lipinski definition) is 0. The lowest BCUT2D eigenvalue weighted by molar-refractivity contribution is 1.06. The highest BCUT2D eigenvalue weighted by Crippen LogP contribution is 2.45. The molecule has 0 atom stereocenters. The molecule has 0 aliphatic rings. The normalized spacial score (nSPS) is 11.1. The van der Waals surface area contributed by atoms with Gasteiger partial charge in [-0.05, 0) is 195 Å². The van der Waals surface area contributed by atoms with Crippen LogP contribution in [0.2, 0.25) is 0 Å². The van der Waals surface area contributed by atoms with E-state index in [1.165, 1.54) is 0 Å². The molecule has 16 aromatic rings. The molecule has 16 rings (SSSR count). The van der Waals surface area contributed by atoms with Gasteiger partial charge in [0.25, 0.3) is 0 Å². The van der Waals surface area contributed by atoms with E-state index < -0.39 is 0 Å². The molecule has 3 aromatic heterocycles. The van der Waals surface area contributed by atoms with E-state index in [2.05, 4.69) is 149 Å². The zero-order valence-electron chi connectivity index (χ0n) is 51.2. The third kappa shape index (κ3) is 10.3. The molecule has 0 unspecified atom stereocenters. The highest BCUT2D eigenvalue weighted by molar-refractivity contribution is 6.14. The van der Waals surface area contributed by atoms with Crippen molar-refractivity contribution in [2.24, 2.45) is 0 Å². The van der Waals surface area contributed by atoms with Crippen molar-refractivity contribution >= 4 is 43.6 Å². The second kappa shape index (κ2) is 23.9. The third-order valence-corrected chi connectivity index (χ3v) is 17.9. The van der Waals surface area contributed by atoms with Gasteiger partial charge in [-0.3, -0.25) is 0 Å². The largest absolute Gasteiger partial charge is 0.309 e. The van der Waals surface area contributed by atoms with Gasteiger partial charge in [-0.1, -0.05) is 158 Å². The van der Waals surface area contributed by atoms with Gasteiger partial charge in [0.1, 0.15) is 0 Å². The van der Waals surface area contributed by atoms with Crippen LogP contribution in [-0.4, -0.2) is 24.1 Å². The first-order chi connectivity index (χ1) is 47.3. The summed E-state index contributed by atoms with van der Waals surface area (Å²) in [5.41, 5.74) is 21.6. The van der Waals surface area contributed by atoms with Crippen LogP contribution in [0.4, 0.5) is 0 Å². The summed E-state index contributed by atoms with van der Waals surface area (Å²) in [7, 11) is 0. The van der Waals surface area contributed by atoms with E-state index in [4.69, 9.17) is 15.0 Å². The molecule has 0 aliphatic heterocycles. The summed E-state index contributed by atoms with van der Waals surface area (Å²) >= 11 is 0. The molecule has 442 valence electrons. The van der Waals surface area contributed by atoms with Crippen LogP contribution in [-0.2, 0) is 0 Å². The smallest absolute Gasteiger partial charge is 0.166 e. The Labute approximate surface area is 552 Å². The first-order valence-electron chi connectivity index (χ1n) is 31.2. The van der Waals surface area contributed by atoms with E-state index >= 15 is 0 Å². The number of aromatic nitrogens is 5. The molecule has 0 radical (unpaired) electrons. The summed E-state index contributed by atoms with van der Waals surface area (Å²) in [5.74, 6) is 1.43. The molecule has 10 nitrogen and oxygen atoms in total. The van der Waals surface area contributed by atoms with Gasteiger partial charge >= 0.3 is 0 Å². The first kappa shape index (κ1) is 57.1. The van der Waals surface area contributed by atoms with Crippen LogP contribution in [0.1, 0.15) is 27.8 Å². The maximum atomic E-state index is 10.0. The summed E-state index contributed by atoms with van der Waals surface area (Å²) in [4.78, 5) is 16.1. The van der Waals surface area contributed by atoms with E-state index in [0.717, 1.165) is 133 Å². The molecule has 0 bridgehead atoms. The molecule has 3 heterocycles. The Morgan fingerprint density at radius 2 is 0.500 bits per heavy atom. The number of rotatable bonds is 11. The van der Waals surface area contributed by atoms with E-state index in [-0.39, 0.29) is 0 Å². The van der Waals surface area contributed by atoms with Crippen molar-refractivity contribution < 1.29 is 0 Å². The Balaban J connectivity index is 0.995. The van der Waals surface area contributed by atoms with Crippen molar-refractivity contribution in [1.29, 1.82) is 26.3 Å². The number of nitriles is 5. The molecule has 0 amide bonds. The SMILES string of the molecule is N#Cc1ccc(-c2ccc(-n3c4ccc(-c5cccc(C#N)c5)cc4c4cc(-c5cccc(C#N)c5)ccc43)c(-c3ccc(-n4c5ccc(-c6cccc(C#N)c6)cc5c5cc(-c6cccc(C#N)c6)ccc54)c(-c4nc(-c5ccccc5)nc(-c5ccccc5)n4)c3)c2)cc1. The molecule has 10 heteroatoms. The lowest BCUT2D eigenvalue weighted by Crippen LogP contribution is -2.04. The standard InChI is InChI=1S/C86H48N10/c87-49-54-23-25-59(26-24-54)66-27-33-78(95-79-34-28-67(62-19-7-11-55(39-62)50-88)44-73(79)74-45-68(29-35-80(74)95)63-20-8-12-56(40-63)51-89)72(43-66)71-32-38-83(77(48-71)86-93-84(60-15-3-1-4-16-60)92-85(94-86)61-17-5-2-6-18-61)96-81-36-30-69(64-21-9-13-57(41-64)52-90)46-75(81)76-47-70(31-37-82(76)96)65-22-10-14-58(42-65)53-91/h1-48H. The fraction of sp³-hybridized carbons (Fsp3) is 0. The van der Waals surface area contributed by atoms with Crippen LogP contribution in [0.3, 0.4) is 0 Å². The van der Waals surface area contributed by atoms with Gasteiger partial charge in [-0.15, -0.1) is 0 Å². The Hall–Kier alpha value is -14.1. The second-order valence-corrected chi connectivity index (χ2v) is 23.6.